The molecule has 2 rings (SSSR count). The van der Waals surface area contributed by atoms with Crippen LogP contribution in [0, 0.1) is 3.57 Å². The van der Waals surface area contributed by atoms with Crippen molar-refractivity contribution < 1.29 is 4.79 Å². The molecule has 1 atom stereocenters. The molecule has 3 nitrogen and oxygen atoms in total. The fourth-order valence-corrected chi connectivity index (χ4v) is 2.62. The van der Waals surface area contributed by atoms with Crippen LogP contribution in [0.1, 0.15) is 23.2 Å². The van der Waals surface area contributed by atoms with Gasteiger partial charge < -0.3 is 10.6 Å². The Bertz CT molecular complexity index is 394. The number of carbonyl (C=O) groups excluding carboxylic acids is 1. The average molecular weight is 330 g/mol. The molecule has 0 aliphatic carbocycles. The van der Waals surface area contributed by atoms with Gasteiger partial charge in [0.05, 0.1) is 5.56 Å². The zero-order valence-electron chi connectivity index (χ0n) is 9.03. The molecule has 0 bridgehead atoms. The molecule has 1 aliphatic heterocycles. The highest BCUT2D eigenvalue weighted by molar-refractivity contribution is 14.1. The van der Waals surface area contributed by atoms with E-state index >= 15 is 0 Å². The lowest BCUT2D eigenvalue weighted by Gasteiger charge is -2.31. The van der Waals surface area contributed by atoms with Gasteiger partial charge >= 0.3 is 0 Å². The summed E-state index contributed by atoms with van der Waals surface area (Å²) in [7, 11) is 0. The molecular formula is C12H15IN2O. The molecule has 1 aliphatic rings. The molecule has 0 spiro atoms. The largest absolute Gasteiger partial charge is 0.337 e. The minimum Gasteiger partial charge on any atom is -0.337 e. The Morgan fingerprint density at radius 3 is 2.88 bits per heavy atom. The van der Waals surface area contributed by atoms with Crippen molar-refractivity contribution >= 4 is 28.5 Å². The second-order valence-corrected chi connectivity index (χ2v) is 5.30. The summed E-state index contributed by atoms with van der Waals surface area (Å²) in [6.45, 7) is 1.52. The number of hydrogen-bond acceptors (Lipinski definition) is 2. The molecular weight excluding hydrogens is 315 g/mol. The van der Waals surface area contributed by atoms with Crippen molar-refractivity contribution in [1.82, 2.24) is 4.90 Å². The summed E-state index contributed by atoms with van der Waals surface area (Å²) in [5.41, 5.74) is 6.67. The van der Waals surface area contributed by atoms with E-state index < -0.39 is 0 Å². The van der Waals surface area contributed by atoms with Gasteiger partial charge in [0.15, 0.2) is 0 Å². The highest BCUT2D eigenvalue weighted by Gasteiger charge is 2.23. The van der Waals surface area contributed by atoms with Crippen LogP contribution in [0.15, 0.2) is 24.3 Å². The van der Waals surface area contributed by atoms with Gasteiger partial charge in [-0.05, 0) is 47.6 Å². The topological polar surface area (TPSA) is 46.3 Å². The van der Waals surface area contributed by atoms with Gasteiger partial charge in [-0.25, -0.2) is 0 Å². The van der Waals surface area contributed by atoms with Crippen molar-refractivity contribution in [3.8, 4) is 0 Å². The van der Waals surface area contributed by atoms with Crippen LogP contribution >= 0.6 is 22.6 Å². The maximum absolute atomic E-state index is 12.2. The first-order valence-electron chi connectivity index (χ1n) is 5.48. The van der Waals surface area contributed by atoms with Crippen LogP contribution in [-0.4, -0.2) is 29.9 Å². The molecule has 86 valence electrons. The standard InChI is InChI=1S/C12H15IN2O/c13-11-6-2-1-5-10(11)12(16)15-7-3-4-9(14)8-15/h1-2,5-6,9H,3-4,7-8,14H2/t9-/m1/s1. The Morgan fingerprint density at radius 2 is 2.19 bits per heavy atom. The van der Waals surface area contributed by atoms with E-state index in [2.05, 4.69) is 22.6 Å². The molecule has 4 heteroatoms. The van der Waals surface area contributed by atoms with Gasteiger partial charge in [-0.15, -0.1) is 0 Å². The normalized spacial score (nSPS) is 20.9. The van der Waals surface area contributed by atoms with Gasteiger partial charge in [-0.3, -0.25) is 4.79 Å². The Hall–Kier alpha value is -0.620. The van der Waals surface area contributed by atoms with Crippen molar-refractivity contribution in [1.29, 1.82) is 0 Å². The first-order chi connectivity index (χ1) is 7.68. The maximum Gasteiger partial charge on any atom is 0.254 e. The molecule has 1 amide bonds. The minimum absolute atomic E-state index is 0.111. The maximum atomic E-state index is 12.2. The number of benzene rings is 1. The fourth-order valence-electron chi connectivity index (χ4n) is 2.00. The zero-order chi connectivity index (χ0) is 11.5. The summed E-state index contributed by atoms with van der Waals surface area (Å²) in [6, 6.07) is 7.82. The van der Waals surface area contributed by atoms with E-state index in [4.69, 9.17) is 5.73 Å². The van der Waals surface area contributed by atoms with Crippen molar-refractivity contribution in [2.75, 3.05) is 13.1 Å². The minimum atomic E-state index is 0.111. The van der Waals surface area contributed by atoms with Crippen molar-refractivity contribution in [2.24, 2.45) is 5.73 Å². The first kappa shape index (κ1) is 11.9. The number of carbonyl (C=O) groups is 1. The Kier molecular flexibility index (Phi) is 3.81. The van der Waals surface area contributed by atoms with Crippen molar-refractivity contribution in [3.05, 3.63) is 33.4 Å². The number of nitrogens with zero attached hydrogens (tertiary/aromatic N) is 1. The van der Waals surface area contributed by atoms with Crippen LogP contribution < -0.4 is 5.73 Å². The summed E-state index contributed by atoms with van der Waals surface area (Å²) < 4.78 is 1.00. The van der Waals surface area contributed by atoms with Gasteiger partial charge in [-0.1, -0.05) is 12.1 Å². The predicted molar refractivity (Wildman–Crippen MR) is 72.3 cm³/mol. The van der Waals surface area contributed by atoms with E-state index in [1.54, 1.807) is 0 Å². The van der Waals surface area contributed by atoms with Gasteiger partial charge in [-0.2, -0.15) is 0 Å². The van der Waals surface area contributed by atoms with Crippen LogP contribution in [0.5, 0.6) is 0 Å². The molecule has 1 fully saturated rings. The fraction of sp³-hybridized carbons (Fsp3) is 0.417. The number of hydrogen-bond donors (Lipinski definition) is 1. The number of halogens is 1. The molecule has 16 heavy (non-hydrogen) atoms. The summed E-state index contributed by atoms with van der Waals surface area (Å²) in [6.07, 6.45) is 2.03. The van der Waals surface area contributed by atoms with E-state index in [1.807, 2.05) is 29.2 Å². The Labute approximate surface area is 109 Å². The summed E-state index contributed by atoms with van der Waals surface area (Å²) in [4.78, 5) is 14.1. The third-order valence-corrected chi connectivity index (χ3v) is 3.79. The lowest BCUT2D eigenvalue weighted by Crippen LogP contribution is -2.45. The van der Waals surface area contributed by atoms with E-state index in [0.717, 1.165) is 28.5 Å². The number of piperidine rings is 1. The lowest BCUT2D eigenvalue weighted by atomic mass is 10.1. The summed E-state index contributed by atoms with van der Waals surface area (Å²) in [5, 5.41) is 0. The monoisotopic (exact) mass is 330 g/mol. The van der Waals surface area contributed by atoms with E-state index in [9.17, 15) is 4.79 Å². The molecule has 0 aromatic heterocycles. The zero-order valence-corrected chi connectivity index (χ0v) is 11.2. The number of amides is 1. The summed E-state index contributed by atoms with van der Waals surface area (Å²) in [5.74, 6) is 0.111. The SMILES string of the molecule is N[C@@H]1CCCN(C(=O)c2ccccc2I)C1. The van der Waals surface area contributed by atoms with Crippen LogP contribution in [-0.2, 0) is 0 Å². The second-order valence-electron chi connectivity index (χ2n) is 4.13. The van der Waals surface area contributed by atoms with Crippen LogP contribution in [0.4, 0.5) is 0 Å². The van der Waals surface area contributed by atoms with Gasteiger partial charge in [0.2, 0.25) is 0 Å². The smallest absolute Gasteiger partial charge is 0.254 e. The molecule has 1 aromatic carbocycles. The first-order valence-corrected chi connectivity index (χ1v) is 6.56. The van der Waals surface area contributed by atoms with Crippen LogP contribution in [0.25, 0.3) is 0 Å². The van der Waals surface area contributed by atoms with Crippen molar-refractivity contribution in [3.63, 3.8) is 0 Å². The second kappa shape index (κ2) is 5.14. The third kappa shape index (κ3) is 2.55. The van der Waals surface area contributed by atoms with Crippen molar-refractivity contribution in [2.45, 2.75) is 18.9 Å². The number of rotatable bonds is 1. The van der Waals surface area contributed by atoms with E-state index in [1.165, 1.54) is 0 Å². The molecule has 2 N–H and O–H groups in total. The number of likely N-dealkylation sites (tertiary alicyclic amines) is 1. The Balaban J connectivity index is 2.16. The highest BCUT2D eigenvalue weighted by atomic mass is 127. The molecule has 0 unspecified atom stereocenters. The number of nitrogens with two attached hydrogens (primary N) is 1. The van der Waals surface area contributed by atoms with Gasteiger partial charge in [0, 0.05) is 22.7 Å². The lowest BCUT2D eigenvalue weighted by molar-refractivity contribution is 0.0708. The van der Waals surface area contributed by atoms with E-state index in [0.29, 0.717) is 6.54 Å². The molecule has 1 aromatic rings. The molecule has 1 heterocycles. The quantitative estimate of drug-likeness (QED) is 0.799. The summed E-state index contributed by atoms with van der Waals surface area (Å²) >= 11 is 2.20. The highest BCUT2D eigenvalue weighted by Crippen LogP contribution is 2.17. The molecule has 0 saturated carbocycles. The van der Waals surface area contributed by atoms with Crippen LogP contribution in [0.3, 0.4) is 0 Å². The van der Waals surface area contributed by atoms with Crippen LogP contribution in [0.2, 0.25) is 0 Å². The van der Waals surface area contributed by atoms with E-state index in [-0.39, 0.29) is 11.9 Å². The van der Waals surface area contributed by atoms with Gasteiger partial charge in [0.1, 0.15) is 0 Å². The average Bonchev–Trinajstić information content (AvgIpc) is 2.29. The Morgan fingerprint density at radius 1 is 1.44 bits per heavy atom. The molecule has 1 saturated heterocycles. The predicted octanol–water partition coefficient (Wildman–Crippen LogP) is 1.85. The third-order valence-electron chi connectivity index (χ3n) is 2.85. The molecule has 0 radical (unpaired) electrons. The van der Waals surface area contributed by atoms with Gasteiger partial charge in [0.25, 0.3) is 5.91 Å².